The topological polar surface area (TPSA) is 56.0 Å². The number of halogens is 1. The van der Waals surface area contributed by atoms with Gasteiger partial charge in [0, 0.05) is 13.2 Å². The summed E-state index contributed by atoms with van der Waals surface area (Å²) >= 11 is 5.94. The Kier molecular flexibility index (Phi) is 5.82. The summed E-state index contributed by atoms with van der Waals surface area (Å²) in [5.74, 6) is 0.408. The van der Waals surface area contributed by atoms with Crippen LogP contribution >= 0.6 is 11.6 Å². The number of benzene rings is 1. The molecule has 0 heterocycles. The second-order valence-corrected chi connectivity index (χ2v) is 4.35. The van der Waals surface area contributed by atoms with Crippen molar-refractivity contribution in [2.45, 2.75) is 19.8 Å². The Morgan fingerprint density at radius 2 is 2.29 bits per heavy atom. The lowest BCUT2D eigenvalue weighted by Crippen LogP contribution is -2.15. The first kappa shape index (κ1) is 13.8. The molecule has 2 N–H and O–H groups in total. The summed E-state index contributed by atoms with van der Waals surface area (Å²) in [6.45, 7) is 3.03. The molecule has 0 radical (unpaired) electrons. The fourth-order valence-electron chi connectivity index (χ4n) is 1.67. The number of hydrogen-bond donors (Lipinski definition) is 2. The molecule has 0 amide bonds. The van der Waals surface area contributed by atoms with Crippen molar-refractivity contribution in [1.29, 1.82) is 5.26 Å². The average molecular weight is 253 g/mol. The van der Waals surface area contributed by atoms with Gasteiger partial charge in [0.05, 0.1) is 16.3 Å². The van der Waals surface area contributed by atoms with Gasteiger partial charge in [0.25, 0.3) is 0 Å². The van der Waals surface area contributed by atoms with Crippen molar-refractivity contribution in [2.24, 2.45) is 5.92 Å². The predicted octanol–water partition coefficient (Wildman–Crippen LogP) is 3.03. The monoisotopic (exact) mass is 252 g/mol. The van der Waals surface area contributed by atoms with Crippen molar-refractivity contribution in [3.05, 3.63) is 28.8 Å². The van der Waals surface area contributed by atoms with Crippen LogP contribution in [0.3, 0.4) is 0 Å². The number of hydrogen-bond acceptors (Lipinski definition) is 3. The van der Waals surface area contributed by atoms with Crippen LogP contribution in [0.25, 0.3) is 0 Å². The van der Waals surface area contributed by atoms with Crippen LogP contribution in [0.2, 0.25) is 5.02 Å². The molecule has 17 heavy (non-hydrogen) atoms. The third-order valence-electron chi connectivity index (χ3n) is 2.82. The highest BCUT2D eigenvalue weighted by Gasteiger charge is 2.09. The van der Waals surface area contributed by atoms with Gasteiger partial charge in [-0.05, 0) is 24.5 Å². The fraction of sp³-hybridized carbons (Fsp3) is 0.462. The van der Waals surface area contributed by atoms with Crippen LogP contribution in [-0.2, 0) is 0 Å². The van der Waals surface area contributed by atoms with Crippen molar-refractivity contribution < 1.29 is 5.11 Å². The van der Waals surface area contributed by atoms with E-state index in [1.54, 1.807) is 6.07 Å². The molecule has 3 nitrogen and oxygen atoms in total. The number of rotatable bonds is 6. The maximum atomic E-state index is 9.01. The van der Waals surface area contributed by atoms with Crippen molar-refractivity contribution >= 4 is 17.3 Å². The Morgan fingerprint density at radius 1 is 1.53 bits per heavy atom. The smallest absolute Gasteiger partial charge is 0.103 e. The van der Waals surface area contributed by atoms with Gasteiger partial charge in [-0.3, -0.25) is 0 Å². The number of nitrogens with zero attached hydrogens (tertiary/aromatic N) is 1. The Morgan fingerprint density at radius 3 is 2.88 bits per heavy atom. The molecular formula is C13H17ClN2O. The van der Waals surface area contributed by atoms with Crippen molar-refractivity contribution in [1.82, 2.24) is 0 Å². The third kappa shape index (κ3) is 3.92. The minimum Gasteiger partial charge on any atom is -0.396 e. The third-order valence-corrected chi connectivity index (χ3v) is 3.14. The summed E-state index contributed by atoms with van der Waals surface area (Å²) in [5.41, 5.74) is 1.24. The Labute approximate surface area is 107 Å². The van der Waals surface area contributed by atoms with Gasteiger partial charge in [0.15, 0.2) is 0 Å². The summed E-state index contributed by atoms with van der Waals surface area (Å²) in [7, 11) is 0. The summed E-state index contributed by atoms with van der Waals surface area (Å²) in [5, 5.41) is 21.6. The standard InChI is InChI=1S/C13H17ClN2O/c1-2-10(6-7-17)9-16-13-5-3-4-12(14)11(13)8-15/h3-5,10,16-17H,2,6-7,9H2,1H3. The minimum atomic E-state index is 0.195. The first-order valence-electron chi connectivity index (χ1n) is 5.76. The van der Waals surface area contributed by atoms with Crippen molar-refractivity contribution in [3.63, 3.8) is 0 Å². The van der Waals surface area contributed by atoms with Gasteiger partial charge in [-0.2, -0.15) is 5.26 Å². The normalized spacial score (nSPS) is 11.9. The maximum absolute atomic E-state index is 9.01. The molecule has 0 aliphatic rings. The molecule has 0 fully saturated rings. The minimum absolute atomic E-state index is 0.195. The first-order chi connectivity index (χ1) is 8.22. The largest absolute Gasteiger partial charge is 0.396 e. The van der Waals surface area contributed by atoms with Crippen LogP contribution in [0.15, 0.2) is 18.2 Å². The second-order valence-electron chi connectivity index (χ2n) is 3.94. The van der Waals surface area contributed by atoms with E-state index in [1.165, 1.54) is 0 Å². The molecule has 0 spiro atoms. The summed E-state index contributed by atoms with van der Waals surface area (Å²) in [4.78, 5) is 0. The molecule has 1 atom stereocenters. The lowest BCUT2D eigenvalue weighted by molar-refractivity contribution is 0.258. The highest BCUT2D eigenvalue weighted by atomic mass is 35.5. The summed E-state index contributed by atoms with van der Waals surface area (Å²) in [6.07, 6.45) is 1.77. The van der Waals surface area contributed by atoms with E-state index in [2.05, 4.69) is 18.3 Å². The highest BCUT2D eigenvalue weighted by Crippen LogP contribution is 2.23. The van der Waals surface area contributed by atoms with Crippen LogP contribution in [0, 0.1) is 17.2 Å². The number of aliphatic hydroxyl groups is 1. The molecule has 0 saturated carbocycles. The van der Waals surface area contributed by atoms with Gasteiger partial charge >= 0.3 is 0 Å². The molecule has 4 heteroatoms. The SMILES string of the molecule is CCC(CCO)CNc1cccc(Cl)c1C#N. The molecule has 1 rings (SSSR count). The first-order valence-corrected chi connectivity index (χ1v) is 6.14. The van der Waals surface area contributed by atoms with Crippen LogP contribution in [0.1, 0.15) is 25.3 Å². The predicted molar refractivity (Wildman–Crippen MR) is 70.1 cm³/mol. The Hall–Kier alpha value is -1.24. The number of aliphatic hydroxyl groups excluding tert-OH is 1. The van der Waals surface area contributed by atoms with E-state index in [9.17, 15) is 0 Å². The van der Waals surface area contributed by atoms with Crippen molar-refractivity contribution in [3.8, 4) is 6.07 Å². The van der Waals surface area contributed by atoms with Gasteiger partial charge in [-0.15, -0.1) is 0 Å². The zero-order chi connectivity index (χ0) is 12.7. The van der Waals surface area contributed by atoms with Gasteiger partial charge in [-0.25, -0.2) is 0 Å². The van der Waals surface area contributed by atoms with E-state index in [0.29, 0.717) is 16.5 Å². The lowest BCUT2D eigenvalue weighted by Gasteiger charge is -2.16. The van der Waals surface area contributed by atoms with E-state index < -0.39 is 0 Å². The Balaban J connectivity index is 2.69. The van der Waals surface area contributed by atoms with Gasteiger partial charge in [-0.1, -0.05) is 31.0 Å². The van der Waals surface area contributed by atoms with Gasteiger partial charge < -0.3 is 10.4 Å². The molecule has 0 aliphatic carbocycles. The molecule has 1 aromatic carbocycles. The van der Waals surface area contributed by atoms with E-state index in [-0.39, 0.29) is 6.61 Å². The van der Waals surface area contributed by atoms with E-state index in [1.807, 2.05) is 12.1 Å². The number of anilines is 1. The maximum Gasteiger partial charge on any atom is 0.103 e. The second kappa shape index (κ2) is 7.16. The quantitative estimate of drug-likeness (QED) is 0.818. The van der Waals surface area contributed by atoms with Crippen LogP contribution in [0.5, 0.6) is 0 Å². The molecule has 92 valence electrons. The van der Waals surface area contributed by atoms with Crippen molar-refractivity contribution in [2.75, 3.05) is 18.5 Å². The van der Waals surface area contributed by atoms with Crippen LogP contribution in [-0.4, -0.2) is 18.3 Å². The van der Waals surface area contributed by atoms with E-state index >= 15 is 0 Å². The summed E-state index contributed by atoms with van der Waals surface area (Å²) < 4.78 is 0. The molecule has 1 aromatic rings. The van der Waals surface area contributed by atoms with E-state index in [0.717, 1.165) is 25.1 Å². The van der Waals surface area contributed by atoms with E-state index in [4.69, 9.17) is 22.0 Å². The number of nitriles is 1. The molecule has 1 unspecified atom stereocenters. The average Bonchev–Trinajstić information content (AvgIpc) is 2.34. The molecule has 0 bridgehead atoms. The van der Waals surface area contributed by atoms with Gasteiger partial charge in [0.2, 0.25) is 0 Å². The number of nitrogens with one attached hydrogen (secondary N) is 1. The summed E-state index contributed by atoms with van der Waals surface area (Å²) in [6, 6.07) is 7.46. The Bertz CT molecular complexity index is 401. The lowest BCUT2D eigenvalue weighted by atomic mass is 10.0. The van der Waals surface area contributed by atoms with Crippen LogP contribution < -0.4 is 5.32 Å². The molecule has 0 saturated heterocycles. The zero-order valence-electron chi connectivity index (χ0n) is 9.91. The molecule has 0 aromatic heterocycles. The molecular weight excluding hydrogens is 236 g/mol. The van der Waals surface area contributed by atoms with Gasteiger partial charge in [0.1, 0.15) is 6.07 Å². The van der Waals surface area contributed by atoms with Crippen LogP contribution in [0.4, 0.5) is 5.69 Å². The zero-order valence-corrected chi connectivity index (χ0v) is 10.7. The molecule has 0 aliphatic heterocycles. The fourth-order valence-corrected chi connectivity index (χ4v) is 1.89. The highest BCUT2D eigenvalue weighted by molar-refractivity contribution is 6.32.